The van der Waals surface area contributed by atoms with E-state index in [0.717, 1.165) is 12.2 Å². The highest BCUT2D eigenvalue weighted by Crippen LogP contribution is 1.98. The van der Waals surface area contributed by atoms with Crippen molar-refractivity contribution in [2.45, 2.75) is 25.5 Å². The predicted octanol–water partition coefficient (Wildman–Crippen LogP) is 1.07. The van der Waals surface area contributed by atoms with Crippen LogP contribution in [-0.4, -0.2) is 32.2 Å². The van der Waals surface area contributed by atoms with E-state index in [1.54, 1.807) is 25.6 Å². The molecule has 0 spiro atoms. The van der Waals surface area contributed by atoms with Crippen LogP contribution in [0.2, 0.25) is 0 Å². The van der Waals surface area contributed by atoms with Gasteiger partial charge in [0, 0.05) is 6.54 Å². The predicted molar refractivity (Wildman–Crippen MR) is 55.1 cm³/mol. The Morgan fingerprint density at radius 1 is 1.42 bits per heavy atom. The summed E-state index contributed by atoms with van der Waals surface area (Å²) in [5.41, 5.74) is 0. The summed E-state index contributed by atoms with van der Waals surface area (Å²) in [5.74, 6) is 1.00. The quantitative estimate of drug-likeness (QED) is 0.668. The lowest BCUT2D eigenvalue weighted by atomic mass is 10.5. The smallest absolute Gasteiger partial charge is 0.213 e. The van der Waals surface area contributed by atoms with Crippen LogP contribution in [0.3, 0.4) is 0 Å². The van der Waals surface area contributed by atoms with Crippen LogP contribution in [0, 0.1) is 0 Å². The Morgan fingerprint density at radius 3 is 2.42 bits per heavy atom. The number of nitrogens with one attached hydrogen (secondary N) is 1. The van der Waals surface area contributed by atoms with Crippen LogP contribution in [-0.2, 0) is 10.0 Å². The van der Waals surface area contributed by atoms with Crippen molar-refractivity contribution in [1.29, 1.82) is 0 Å². The van der Waals surface area contributed by atoms with Gasteiger partial charge in [-0.25, -0.2) is 13.1 Å². The summed E-state index contributed by atoms with van der Waals surface area (Å²) in [7, 11) is -3.04. The first-order chi connectivity index (χ1) is 5.50. The summed E-state index contributed by atoms with van der Waals surface area (Å²) in [6.45, 7) is 3.91. The van der Waals surface area contributed by atoms with Crippen molar-refractivity contribution >= 4 is 21.8 Å². The second-order valence-corrected chi connectivity index (χ2v) is 6.14. The van der Waals surface area contributed by atoms with Gasteiger partial charge in [0.25, 0.3) is 0 Å². The third-order valence-electron chi connectivity index (χ3n) is 1.45. The van der Waals surface area contributed by atoms with Crippen LogP contribution >= 0.6 is 11.8 Å². The van der Waals surface area contributed by atoms with E-state index in [2.05, 4.69) is 4.72 Å². The molecule has 0 aromatic heterocycles. The molecule has 1 N–H and O–H groups in total. The van der Waals surface area contributed by atoms with E-state index in [9.17, 15) is 8.42 Å². The van der Waals surface area contributed by atoms with Crippen molar-refractivity contribution in [2.75, 3.05) is 18.6 Å². The first kappa shape index (κ1) is 12.3. The molecule has 0 saturated carbocycles. The van der Waals surface area contributed by atoms with Crippen molar-refractivity contribution in [3.05, 3.63) is 0 Å². The SMILES string of the molecule is CSCCCNS(=O)(=O)C(C)C. The molecule has 0 aliphatic carbocycles. The molecule has 0 unspecified atom stereocenters. The Balaban J connectivity index is 3.63. The molecule has 0 radical (unpaired) electrons. The first-order valence-electron chi connectivity index (χ1n) is 3.98. The molecule has 0 aromatic carbocycles. The number of rotatable bonds is 6. The van der Waals surface area contributed by atoms with Gasteiger partial charge in [-0.3, -0.25) is 0 Å². The van der Waals surface area contributed by atoms with Gasteiger partial charge in [-0.05, 0) is 32.3 Å². The lowest BCUT2D eigenvalue weighted by Gasteiger charge is -2.08. The molecule has 0 heterocycles. The summed E-state index contributed by atoms with van der Waals surface area (Å²) >= 11 is 1.73. The largest absolute Gasteiger partial charge is 0.215 e. The average molecular weight is 211 g/mol. The standard InChI is InChI=1S/C7H17NO2S2/c1-7(2)12(9,10)8-5-4-6-11-3/h7-8H,4-6H2,1-3H3. The minimum absolute atomic E-state index is 0.327. The van der Waals surface area contributed by atoms with Gasteiger partial charge in [-0.2, -0.15) is 11.8 Å². The van der Waals surface area contributed by atoms with E-state index in [-0.39, 0.29) is 5.25 Å². The fourth-order valence-corrected chi connectivity index (χ4v) is 1.79. The maximum absolute atomic E-state index is 11.2. The molecule has 5 heteroatoms. The van der Waals surface area contributed by atoms with Gasteiger partial charge < -0.3 is 0 Å². The van der Waals surface area contributed by atoms with Crippen LogP contribution in [0.1, 0.15) is 20.3 Å². The molecular weight excluding hydrogens is 194 g/mol. The van der Waals surface area contributed by atoms with Crippen molar-refractivity contribution in [3.63, 3.8) is 0 Å². The van der Waals surface area contributed by atoms with E-state index >= 15 is 0 Å². The number of hydrogen-bond acceptors (Lipinski definition) is 3. The second kappa shape index (κ2) is 5.83. The first-order valence-corrected chi connectivity index (χ1v) is 6.92. The average Bonchev–Trinajstić information content (AvgIpc) is 1.98. The summed E-state index contributed by atoms with van der Waals surface area (Å²) in [4.78, 5) is 0. The molecule has 0 saturated heterocycles. The Morgan fingerprint density at radius 2 is 2.00 bits per heavy atom. The van der Waals surface area contributed by atoms with E-state index in [4.69, 9.17) is 0 Å². The molecule has 0 atom stereocenters. The highest BCUT2D eigenvalue weighted by molar-refractivity contribution is 7.98. The van der Waals surface area contributed by atoms with Gasteiger partial charge in [-0.1, -0.05) is 0 Å². The van der Waals surface area contributed by atoms with Gasteiger partial charge in [0.1, 0.15) is 0 Å². The summed E-state index contributed by atoms with van der Waals surface area (Å²) in [6.07, 6.45) is 2.91. The topological polar surface area (TPSA) is 46.2 Å². The third kappa shape index (κ3) is 5.00. The Hall–Kier alpha value is 0.260. The van der Waals surface area contributed by atoms with Crippen LogP contribution < -0.4 is 4.72 Å². The van der Waals surface area contributed by atoms with Gasteiger partial charge in [0.05, 0.1) is 5.25 Å². The molecule has 0 aliphatic rings. The lowest BCUT2D eigenvalue weighted by molar-refractivity contribution is 0.572. The minimum Gasteiger partial charge on any atom is -0.215 e. The zero-order valence-corrected chi connectivity index (χ0v) is 9.46. The van der Waals surface area contributed by atoms with E-state index in [0.29, 0.717) is 6.54 Å². The van der Waals surface area contributed by atoms with Gasteiger partial charge in [-0.15, -0.1) is 0 Å². The molecule has 0 fully saturated rings. The Labute approximate surface area is 79.4 Å². The van der Waals surface area contributed by atoms with E-state index in [1.807, 2.05) is 6.26 Å². The number of sulfonamides is 1. The van der Waals surface area contributed by atoms with Crippen molar-refractivity contribution in [2.24, 2.45) is 0 Å². The molecule has 12 heavy (non-hydrogen) atoms. The fourth-order valence-electron chi connectivity index (χ4n) is 0.598. The highest BCUT2D eigenvalue weighted by atomic mass is 32.2. The summed E-state index contributed by atoms with van der Waals surface area (Å²) < 4.78 is 24.9. The summed E-state index contributed by atoms with van der Waals surface area (Å²) in [6, 6.07) is 0. The Bertz CT molecular complexity index is 199. The van der Waals surface area contributed by atoms with Crippen LogP contribution in [0.25, 0.3) is 0 Å². The van der Waals surface area contributed by atoms with Crippen LogP contribution in [0.5, 0.6) is 0 Å². The molecule has 0 rings (SSSR count). The van der Waals surface area contributed by atoms with Gasteiger partial charge in [0.2, 0.25) is 10.0 Å². The molecule has 74 valence electrons. The highest BCUT2D eigenvalue weighted by Gasteiger charge is 2.13. The molecule has 0 aromatic rings. The number of thioether (sulfide) groups is 1. The molecule has 0 bridgehead atoms. The van der Waals surface area contributed by atoms with Crippen molar-refractivity contribution in [3.8, 4) is 0 Å². The minimum atomic E-state index is -3.04. The van der Waals surface area contributed by atoms with Crippen LogP contribution in [0.15, 0.2) is 0 Å². The van der Waals surface area contributed by atoms with Crippen LogP contribution in [0.4, 0.5) is 0 Å². The van der Waals surface area contributed by atoms with Gasteiger partial charge in [0.15, 0.2) is 0 Å². The van der Waals surface area contributed by atoms with Gasteiger partial charge >= 0.3 is 0 Å². The normalized spacial score (nSPS) is 12.3. The fraction of sp³-hybridized carbons (Fsp3) is 1.00. The molecule has 0 aliphatic heterocycles. The maximum Gasteiger partial charge on any atom is 0.213 e. The monoisotopic (exact) mass is 211 g/mol. The zero-order valence-electron chi connectivity index (χ0n) is 7.83. The maximum atomic E-state index is 11.2. The zero-order chi connectivity index (χ0) is 9.61. The summed E-state index contributed by atoms with van der Waals surface area (Å²) in [5, 5.41) is -0.327. The number of hydrogen-bond donors (Lipinski definition) is 1. The van der Waals surface area contributed by atoms with Crippen molar-refractivity contribution < 1.29 is 8.42 Å². The third-order valence-corrected chi connectivity index (χ3v) is 3.99. The lowest BCUT2D eigenvalue weighted by Crippen LogP contribution is -2.31. The van der Waals surface area contributed by atoms with E-state index < -0.39 is 10.0 Å². The Kier molecular flexibility index (Phi) is 5.96. The van der Waals surface area contributed by atoms with E-state index in [1.165, 1.54) is 0 Å². The molecular formula is C7H17NO2S2. The second-order valence-electron chi connectivity index (χ2n) is 2.83. The van der Waals surface area contributed by atoms with Crippen molar-refractivity contribution in [1.82, 2.24) is 4.72 Å². The molecule has 3 nitrogen and oxygen atoms in total. The molecule has 0 amide bonds.